The molecule has 0 saturated heterocycles. The minimum Gasteiger partial charge on any atom is -0.481 e. The maximum absolute atomic E-state index is 12.1. The molecule has 0 aromatic heterocycles. The van der Waals surface area contributed by atoms with E-state index in [0.29, 0.717) is 12.1 Å². The van der Waals surface area contributed by atoms with Crippen LogP contribution in [0.3, 0.4) is 0 Å². The van der Waals surface area contributed by atoms with E-state index >= 15 is 0 Å². The van der Waals surface area contributed by atoms with Crippen molar-refractivity contribution >= 4 is 11.9 Å². The quantitative estimate of drug-likeness (QED) is 0.815. The van der Waals surface area contributed by atoms with Gasteiger partial charge in [-0.25, -0.2) is 0 Å². The van der Waals surface area contributed by atoms with Gasteiger partial charge < -0.3 is 15.1 Å². The summed E-state index contributed by atoms with van der Waals surface area (Å²) in [5.41, 5.74) is 1.65. The van der Waals surface area contributed by atoms with Crippen molar-refractivity contribution in [3.63, 3.8) is 0 Å². The molecule has 0 fully saturated rings. The number of aliphatic carboxylic acids is 1. The number of carbonyl (C=O) groups is 2. The van der Waals surface area contributed by atoms with E-state index in [1.165, 1.54) is 4.90 Å². The van der Waals surface area contributed by atoms with Crippen molar-refractivity contribution in [1.29, 1.82) is 0 Å². The number of amides is 1. The van der Waals surface area contributed by atoms with Crippen LogP contribution in [0.2, 0.25) is 0 Å². The summed E-state index contributed by atoms with van der Waals surface area (Å²) in [6.45, 7) is 0.589. The molecular weight excluding hydrogens is 234 g/mol. The van der Waals surface area contributed by atoms with Crippen LogP contribution in [0, 0.1) is 0 Å². The molecule has 1 aromatic carbocycles. The summed E-state index contributed by atoms with van der Waals surface area (Å²) in [6.07, 6.45) is -0.621. The summed E-state index contributed by atoms with van der Waals surface area (Å²) in [6, 6.07) is 7.36. The fraction of sp³-hybridized carbons (Fsp3) is 0.385. The molecule has 2 rings (SSSR count). The number of hydrogen-bond acceptors (Lipinski definition) is 3. The van der Waals surface area contributed by atoms with Crippen LogP contribution in [0.5, 0.6) is 0 Å². The second-order valence-corrected chi connectivity index (χ2v) is 4.41. The van der Waals surface area contributed by atoms with Gasteiger partial charge in [0.15, 0.2) is 0 Å². The summed E-state index contributed by atoms with van der Waals surface area (Å²) in [5.74, 6) is -1.20. The standard InChI is InChI=1S/C13H15NO4/c15-10(7-12(16)17)8-14-6-5-9-3-1-2-4-11(9)13(14)18/h1-4,10,15H,5-8H2,(H,16,17). The molecule has 1 amide bonds. The molecule has 1 unspecified atom stereocenters. The van der Waals surface area contributed by atoms with Crippen molar-refractivity contribution in [2.45, 2.75) is 18.9 Å². The van der Waals surface area contributed by atoms with E-state index in [4.69, 9.17) is 5.11 Å². The van der Waals surface area contributed by atoms with Crippen LogP contribution in [0.4, 0.5) is 0 Å². The van der Waals surface area contributed by atoms with E-state index in [1.54, 1.807) is 12.1 Å². The first-order valence-corrected chi connectivity index (χ1v) is 5.85. The van der Waals surface area contributed by atoms with Gasteiger partial charge in [-0.1, -0.05) is 18.2 Å². The molecular formula is C13H15NO4. The molecule has 5 nitrogen and oxygen atoms in total. The lowest BCUT2D eigenvalue weighted by Gasteiger charge is -2.29. The van der Waals surface area contributed by atoms with Crippen LogP contribution in [0.1, 0.15) is 22.3 Å². The molecule has 1 aromatic rings. The van der Waals surface area contributed by atoms with Crippen LogP contribution in [0.15, 0.2) is 24.3 Å². The molecule has 0 aliphatic carbocycles. The summed E-state index contributed by atoms with van der Waals surface area (Å²) < 4.78 is 0. The Morgan fingerprint density at radius 3 is 2.83 bits per heavy atom. The minimum atomic E-state index is -1.06. The van der Waals surface area contributed by atoms with Crippen LogP contribution in [-0.2, 0) is 11.2 Å². The van der Waals surface area contributed by atoms with E-state index in [1.807, 2.05) is 12.1 Å². The Labute approximate surface area is 105 Å². The number of carboxylic acid groups (broad SMARTS) is 1. The molecule has 1 heterocycles. The molecule has 96 valence electrons. The minimum absolute atomic E-state index is 0.0689. The molecule has 0 saturated carbocycles. The molecule has 1 aliphatic rings. The third-order valence-electron chi connectivity index (χ3n) is 3.03. The predicted octanol–water partition coefficient (Wildman–Crippen LogP) is 0.520. The Kier molecular flexibility index (Phi) is 3.62. The van der Waals surface area contributed by atoms with Gasteiger partial charge in [-0.2, -0.15) is 0 Å². The third-order valence-corrected chi connectivity index (χ3v) is 3.03. The number of aliphatic hydroxyl groups excluding tert-OH is 1. The van der Waals surface area contributed by atoms with Gasteiger partial charge in [0.2, 0.25) is 0 Å². The van der Waals surface area contributed by atoms with Crippen molar-refractivity contribution in [3.8, 4) is 0 Å². The number of nitrogens with zero attached hydrogens (tertiary/aromatic N) is 1. The van der Waals surface area contributed by atoms with Crippen molar-refractivity contribution in [1.82, 2.24) is 4.90 Å². The lowest BCUT2D eigenvalue weighted by Crippen LogP contribution is -2.42. The lowest BCUT2D eigenvalue weighted by molar-refractivity contribution is -0.139. The lowest BCUT2D eigenvalue weighted by atomic mass is 9.99. The zero-order valence-corrected chi connectivity index (χ0v) is 9.87. The first-order chi connectivity index (χ1) is 8.58. The van der Waals surface area contributed by atoms with Crippen LogP contribution in [0.25, 0.3) is 0 Å². The van der Waals surface area contributed by atoms with E-state index in [0.717, 1.165) is 12.0 Å². The van der Waals surface area contributed by atoms with Gasteiger partial charge in [0.1, 0.15) is 0 Å². The summed E-state index contributed by atoms with van der Waals surface area (Å²) in [5, 5.41) is 18.1. The van der Waals surface area contributed by atoms with Crippen molar-refractivity contribution in [2.75, 3.05) is 13.1 Å². The fourth-order valence-corrected chi connectivity index (χ4v) is 2.17. The zero-order valence-electron chi connectivity index (χ0n) is 9.87. The van der Waals surface area contributed by atoms with Crippen molar-refractivity contribution in [2.24, 2.45) is 0 Å². The summed E-state index contributed by atoms with van der Waals surface area (Å²) in [4.78, 5) is 24.1. The number of β-amino-alcohol motifs (C(OH)–C–C–N with tert-alkyl or cyclic N) is 1. The van der Waals surface area contributed by atoms with Crippen molar-refractivity contribution < 1.29 is 19.8 Å². The number of hydrogen-bond donors (Lipinski definition) is 2. The molecule has 0 radical (unpaired) electrons. The number of fused-ring (bicyclic) bond motifs is 1. The average molecular weight is 249 g/mol. The first-order valence-electron chi connectivity index (χ1n) is 5.85. The van der Waals surface area contributed by atoms with Gasteiger partial charge >= 0.3 is 5.97 Å². The molecule has 1 aliphatic heterocycles. The van der Waals surface area contributed by atoms with Gasteiger partial charge in [0.25, 0.3) is 5.91 Å². The van der Waals surface area contributed by atoms with Crippen molar-refractivity contribution in [3.05, 3.63) is 35.4 Å². The van der Waals surface area contributed by atoms with Gasteiger partial charge in [-0.05, 0) is 18.1 Å². The summed E-state index contributed by atoms with van der Waals surface area (Å²) in [7, 11) is 0. The smallest absolute Gasteiger partial charge is 0.306 e. The Morgan fingerprint density at radius 1 is 1.39 bits per heavy atom. The maximum Gasteiger partial charge on any atom is 0.306 e. The Balaban J connectivity index is 2.05. The van der Waals surface area contributed by atoms with Crippen LogP contribution < -0.4 is 0 Å². The Morgan fingerprint density at radius 2 is 2.11 bits per heavy atom. The molecule has 2 N–H and O–H groups in total. The largest absolute Gasteiger partial charge is 0.481 e. The fourth-order valence-electron chi connectivity index (χ4n) is 2.17. The predicted molar refractivity (Wildman–Crippen MR) is 64.3 cm³/mol. The SMILES string of the molecule is O=C(O)CC(O)CN1CCc2ccccc2C1=O. The average Bonchev–Trinajstić information content (AvgIpc) is 2.32. The second kappa shape index (κ2) is 5.18. The van der Waals surface area contributed by atoms with Gasteiger partial charge in [0.05, 0.1) is 12.5 Å². The third kappa shape index (κ3) is 2.68. The highest BCUT2D eigenvalue weighted by Gasteiger charge is 2.25. The Bertz CT molecular complexity index is 472. The molecule has 18 heavy (non-hydrogen) atoms. The van der Waals surface area contributed by atoms with Crippen LogP contribution >= 0.6 is 0 Å². The van der Waals surface area contributed by atoms with Gasteiger partial charge in [-0.3, -0.25) is 9.59 Å². The molecule has 0 bridgehead atoms. The number of benzene rings is 1. The van der Waals surface area contributed by atoms with E-state index in [2.05, 4.69) is 0 Å². The zero-order chi connectivity index (χ0) is 13.1. The normalized spacial score (nSPS) is 16.3. The molecule has 5 heteroatoms. The summed E-state index contributed by atoms with van der Waals surface area (Å²) >= 11 is 0. The van der Waals surface area contributed by atoms with Gasteiger partial charge in [0, 0.05) is 18.7 Å². The van der Waals surface area contributed by atoms with Crippen LogP contribution in [-0.4, -0.2) is 46.2 Å². The van der Waals surface area contributed by atoms with E-state index in [9.17, 15) is 14.7 Å². The number of aliphatic hydroxyl groups is 1. The monoisotopic (exact) mass is 249 g/mol. The topological polar surface area (TPSA) is 77.8 Å². The first kappa shape index (κ1) is 12.6. The van der Waals surface area contributed by atoms with Gasteiger partial charge in [-0.15, -0.1) is 0 Å². The molecule has 0 spiro atoms. The van der Waals surface area contributed by atoms with E-state index in [-0.39, 0.29) is 18.9 Å². The maximum atomic E-state index is 12.1. The van der Waals surface area contributed by atoms with E-state index < -0.39 is 12.1 Å². The highest BCUT2D eigenvalue weighted by molar-refractivity contribution is 5.96. The highest BCUT2D eigenvalue weighted by atomic mass is 16.4. The molecule has 1 atom stereocenters. The second-order valence-electron chi connectivity index (χ2n) is 4.41. The Hall–Kier alpha value is -1.88. The highest BCUT2D eigenvalue weighted by Crippen LogP contribution is 2.18. The number of rotatable bonds is 4. The number of carboxylic acids is 1. The number of carbonyl (C=O) groups excluding carboxylic acids is 1.